The summed E-state index contributed by atoms with van der Waals surface area (Å²) in [7, 11) is 1.34. The lowest BCUT2D eigenvalue weighted by atomic mass is 9.96. The zero-order valence-corrected chi connectivity index (χ0v) is 11.2. The monoisotopic (exact) mass is 245 g/mol. The van der Waals surface area contributed by atoms with Gasteiger partial charge in [0.15, 0.2) is 0 Å². The van der Waals surface area contributed by atoms with Gasteiger partial charge >= 0.3 is 11.9 Å². The molecule has 0 aliphatic rings. The van der Waals surface area contributed by atoms with Crippen LogP contribution in [0.15, 0.2) is 0 Å². The predicted octanol–water partition coefficient (Wildman–Crippen LogP) is 1.51. The van der Waals surface area contributed by atoms with Crippen molar-refractivity contribution in [2.24, 2.45) is 0 Å². The second kappa shape index (κ2) is 7.27. The van der Waals surface area contributed by atoms with Crippen LogP contribution in [0.2, 0.25) is 0 Å². The molecule has 0 aliphatic heterocycles. The van der Waals surface area contributed by atoms with E-state index in [0.717, 1.165) is 6.42 Å². The van der Waals surface area contributed by atoms with Crippen LogP contribution in [0.3, 0.4) is 0 Å². The molecule has 1 N–H and O–H groups in total. The molecule has 0 rings (SSSR count). The number of rotatable bonds is 8. The summed E-state index contributed by atoms with van der Waals surface area (Å²) in [5.41, 5.74) is -0.913. The van der Waals surface area contributed by atoms with Crippen molar-refractivity contribution >= 4 is 11.9 Å². The molecule has 0 amide bonds. The number of carbonyl (C=O) groups excluding carboxylic acids is 1. The van der Waals surface area contributed by atoms with Crippen LogP contribution in [0.4, 0.5) is 0 Å². The van der Waals surface area contributed by atoms with E-state index in [-0.39, 0.29) is 12.4 Å². The summed E-state index contributed by atoms with van der Waals surface area (Å²) in [6.07, 6.45) is 1.58. The largest absolute Gasteiger partial charge is 0.480 e. The van der Waals surface area contributed by atoms with Gasteiger partial charge in [0.25, 0.3) is 0 Å². The summed E-state index contributed by atoms with van der Waals surface area (Å²) >= 11 is 0. The summed E-state index contributed by atoms with van der Waals surface area (Å²) in [5.74, 6) is -1.16. The van der Waals surface area contributed by atoms with Gasteiger partial charge < -0.3 is 9.84 Å². The SMILES string of the molecule is CCCN(CCC(=O)OC)C(C)(CC)C(=O)O. The fraction of sp³-hybridized carbons (Fsp3) is 0.833. The maximum atomic E-state index is 11.3. The van der Waals surface area contributed by atoms with Crippen molar-refractivity contribution in [1.82, 2.24) is 4.90 Å². The molecule has 17 heavy (non-hydrogen) atoms. The van der Waals surface area contributed by atoms with Crippen molar-refractivity contribution in [1.29, 1.82) is 0 Å². The Labute approximate surface area is 103 Å². The number of esters is 1. The summed E-state index contributed by atoms with van der Waals surface area (Å²) in [5, 5.41) is 9.29. The minimum Gasteiger partial charge on any atom is -0.480 e. The molecule has 0 radical (unpaired) electrons. The van der Waals surface area contributed by atoms with Gasteiger partial charge in [0.1, 0.15) is 5.54 Å². The molecule has 5 nitrogen and oxygen atoms in total. The molecular formula is C12H23NO4. The number of carboxylic acids is 1. The number of hydrogen-bond donors (Lipinski definition) is 1. The first kappa shape index (κ1) is 15.9. The van der Waals surface area contributed by atoms with Gasteiger partial charge in [0.05, 0.1) is 13.5 Å². The molecule has 0 aromatic heterocycles. The Hall–Kier alpha value is -1.10. The first-order valence-corrected chi connectivity index (χ1v) is 5.97. The Morgan fingerprint density at radius 1 is 1.29 bits per heavy atom. The second-order valence-electron chi connectivity index (χ2n) is 4.25. The van der Waals surface area contributed by atoms with Gasteiger partial charge in [-0.3, -0.25) is 14.5 Å². The van der Waals surface area contributed by atoms with Crippen LogP contribution in [0.25, 0.3) is 0 Å². The van der Waals surface area contributed by atoms with Gasteiger partial charge in [0, 0.05) is 6.54 Å². The lowest BCUT2D eigenvalue weighted by Crippen LogP contribution is -2.53. The Bertz CT molecular complexity index is 267. The Kier molecular flexibility index (Phi) is 6.80. The van der Waals surface area contributed by atoms with Gasteiger partial charge in [-0.1, -0.05) is 13.8 Å². The van der Waals surface area contributed by atoms with Crippen molar-refractivity contribution in [2.45, 2.75) is 45.6 Å². The lowest BCUT2D eigenvalue weighted by Gasteiger charge is -2.37. The van der Waals surface area contributed by atoms with Crippen molar-refractivity contribution in [3.8, 4) is 0 Å². The molecule has 0 spiro atoms. The average Bonchev–Trinajstić information content (AvgIpc) is 2.32. The van der Waals surface area contributed by atoms with E-state index in [1.54, 1.807) is 6.92 Å². The van der Waals surface area contributed by atoms with E-state index in [0.29, 0.717) is 19.5 Å². The average molecular weight is 245 g/mol. The quantitative estimate of drug-likeness (QED) is 0.657. The van der Waals surface area contributed by atoms with Gasteiger partial charge in [0.2, 0.25) is 0 Å². The molecule has 0 aromatic carbocycles. The van der Waals surface area contributed by atoms with Crippen LogP contribution in [-0.4, -0.2) is 47.7 Å². The minimum absolute atomic E-state index is 0.222. The number of carboxylic acid groups (broad SMARTS) is 1. The number of carbonyl (C=O) groups is 2. The van der Waals surface area contributed by atoms with Crippen LogP contribution in [-0.2, 0) is 14.3 Å². The molecule has 0 heterocycles. The molecule has 0 saturated heterocycles. The summed E-state index contributed by atoms with van der Waals surface area (Å²) in [6, 6.07) is 0. The lowest BCUT2D eigenvalue weighted by molar-refractivity contribution is -0.152. The molecular weight excluding hydrogens is 222 g/mol. The third kappa shape index (κ3) is 4.34. The zero-order chi connectivity index (χ0) is 13.5. The molecule has 1 unspecified atom stereocenters. The third-order valence-corrected chi connectivity index (χ3v) is 3.15. The first-order valence-electron chi connectivity index (χ1n) is 5.97. The second-order valence-corrected chi connectivity index (χ2v) is 4.25. The molecule has 0 aliphatic carbocycles. The minimum atomic E-state index is -0.913. The fourth-order valence-electron chi connectivity index (χ4n) is 1.71. The normalized spacial score (nSPS) is 14.4. The predicted molar refractivity (Wildman–Crippen MR) is 64.8 cm³/mol. The van der Waals surface area contributed by atoms with Crippen LogP contribution in [0.1, 0.15) is 40.0 Å². The number of methoxy groups -OCH3 is 1. The molecule has 0 saturated carbocycles. The van der Waals surface area contributed by atoms with E-state index in [9.17, 15) is 14.7 Å². The van der Waals surface area contributed by atoms with Gasteiger partial charge in [-0.2, -0.15) is 0 Å². The molecule has 0 aromatic rings. The Morgan fingerprint density at radius 3 is 2.24 bits per heavy atom. The highest BCUT2D eigenvalue weighted by Crippen LogP contribution is 2.20. The van der Waals surface area contributed by atoms with E-state index >= 15 is 0 Å². The molecule has 0 bridgehead atoms. The Morgan fingerprint density at radius 2 is 1.88 bits per heavy atom. The highest BCUT2D eigenvalue weighted by molar-refractivity contribution is 5.78. The van der Waals surface area contributed by atoms with E-state index in [1.807, 2.05) is 18.7 Å². The topological polar surface area (TPSA) is 66.8 Å². The summed E-state index contributed by atoms with van der Waals surface area (Å²) in [6.45, 7) is 6.60. The van der Waals surface area contributed by atoms with Crippen LogP contribution < -0.4 is 0 Å². The number of ether oxygens (including phenoxy) is 1. The number of aliphatic carboxylic acids is 1. The van der Waals surface area contributed by atoms with Crippen molar-refractivity contribution in [3.05, 3.63) is 0 Å². The summed E-state index contributed by atoms with van der Waals surface area (Å²) < 4.78 is 4.57. The number of nitrogens with zero attached hydrogens (tertiary/aromatic N) is 1. The Balaban J connectivity index is 4.69. The first-order chi connectivity index (χ1) is 7.92. The number of hydrogen-bond acceptors (Lipinski definition) is 4. The molecule has 0 fully saturated rings. The smallest absolute Gasteiger partial charge is 0.323 e. The molecule has 1 atom stereocenters. The van der Waals surface area contributed by atoms with Gasteiger partial charge in [-0.05, 0) is 26.3 Å². The van der Waals surface area contributed by atoms with E-state index in [2.05, 4.69) is 4.74 Å². The highest BCUT2D eigenvalue weighted by Gasteiger charge is 2.37. The van der Waals surface area contributed by atoms with Crippen molar-refractivity contribution in [2.75, 3.05) is 20.2 Å². The van der Waals surface area contributed by atoms with Crippen LogP contribution in [0.5, 0.6) is 0 Å². The van der Waals surface area contributed by atoms with E-state index in [1.165, 1.54) is 7.11 Å². The van der Waals surface area contributed by atoms with E-state index in [4.69, 9.17) is 0 Å². The highest BCUT2D eigenvalue weighted by atomic mass is 16.5. The third-order valence-electron chi connectivity index (χ3n) is 3.15. The fourth-order valence-corrected chi connectivity index (χ4v) is 1.71. The maximum absolute atomic E-state index is 11.3. The van der Waals surface area contributed by atoms with Crippen LogP contribution in [0, 0.1) is 0 Å². The van der Waals surface area contributed by atoms with Gasteiger partial charge in [-0.15, -0.1) is 0 Å². The zero-order valence-electron chi connectivity index (χ0n) is 11.2. The summed E-state index contributed by atoms with van der Waals surface area (Å²) in [4.78, 5) is 24.3. The molecule has 100 valence electrons. The maximum Gasteiger partial charge on any atom is 0.323 e. The van der Waals surface area contributed by atoms with Gasteiger partial charge in [-0.25, -0.2) is 0 Å². The van der Waals surface area contributed by atoms with Crippen LogP contribution >= 0.6 is 0 Å². The van der Waals surface area contributed by atoms with E-state index < -0.39 is 11.5 Å². The standard InChI is InChI=1S/C12H23NO4/c1-5-8-13(9-7-10(14)17-4)12(3,6-2)11(15)16/h5-9H2,1-4H3,(H,15,16). The van der Waals surface area contributed by atoms with Crippen molar-refractivity contribution < 1.29 is 19.4 Å². The van der Waals surface area contributed by atoms with Crippen molar-refractivity contribution in [3.63, 3.8) is 0 Å². The molecule has 5 heteroatoms.